The van der Waals surface area contributed by atoms with Crippen LogP contribution in [0.5, 0.6) is 0 Å². The number of halogens is 1. The van der Waals surface area contributed by atoms with Gasteiger partial charge in [-0.3, -0.25) is 4.79 Å². The summed E-state index contributed by atoms with van der Waals surface area (Å²) in [5, 5.41) is 11.1. The third kappa shape index (κ3) is 2.54. The lowest BCUT2D eigenvalue weighted by Crippen LogP contribution is -2.56. The number of piperidine rings is 1. The molecule has 6 heteroatoms. The minimum absolute atomic E-state index is 0.107. The number of fused-ring (bicyclic) bond motifs is 1. The molecule has 1 saturated heterocycles. The van der Waals surface area contributed by atoms with Gasteiger partial charge in [-0.1, -0.05) is 0 Å². The van der Waals surface area contributed by atoms with Crippen molar-refractivity contribution in [1.29, 1.82) is 0 Å². The number of β-amino-alcohol motifs (C(OH)–C–C–N with tert-alkyl or cyclic N) is 1. The Labute approximate surface area is 121 Å². The van der Waals surface area contributed by atoms with E-state index < -0.39 is 11.5 Å². The van der Waals surface area contributed by atoms with Crippen molar-refractivity contribution < 1.29 is 14.3 Å². The van der Waals surface area contributed by atoms with Gasteiger partial charge in [0.2, 0.25) is 0 Å². The van der Waals surface area contributed by atoms with Gasteiger partial charge in [0.15, 0.2) is 5.60 Å². The molecular formula is C15H16FN3O2. The molecule has 110 valence electrons. The van der Waals surface area contributed by atoms with E-state index in [1.807, 2.05) is 6.07 Å². The first-order valence-electron chi connectivity index (χ1n) is 6.81. The predicted octanol–water partition coefficient (Wildman–Crippen LogP) is 1.19. The van der Waals surface area contributed by atoms with Gasteiger partial charge in [0, 0.05) is 18.0 Å². The Morgan fingerprint density at radius 1 is 1.38 bits per heavy atom. The van der Waals surface area contributed by atoms with Crippen molar-refractivity contribution in [2.45, 2.75) is 18.4 Å². The van der Waals surface area contributed by atoms with Gasteiger partial charge in [0.1, 0.15) is 11.6 Å². The highest BCUT2D eigenvalue weighted by Gasteiger charge is 2.39. The highest BCUT2D eigenvalue weighted by molar-refractivity contribution is 5.84. The van der Waals surface area contributed by atoms with E-state index in [2.05, 4.69) is 4.98 Å². The smallest absolute Gasteiger partial charge is 0.251 e. The molecule has 1 aliphatic heterocycles. The third-order valence-electron chi connectivity index (χ3n) is 3.89. The maximum absolute atomic E-state index is 13.3. The van der Waals surface area contributed by atoms with Crippen molar-refractivity contribution in [3.8, 4) is 0 Å². The van der Waals surface area contributed by atoms with Crippen LogP contribution in [-0.4, -0.2) is 34.7 Å². The molecule has 2 aromatic rings. The number of carbonyl (C=O) groups excluding carboxylic acids is 1. The SMILES string of the molecule is NC(=O)C1(O)CCCN(c2ccc3ccc(F)cc3n2)C1. The molecule has 1 aromatic carbocycles. The Balaban J connectivity index is 1.94. The van der Waals surface area contributed by atoms with Gasteiger partial charge >= 0.3 is 0 Å². The van der Waals surface area contributed by atoms with Gasteiger partial charge in [0.05, 0.1) is 12.1 Å². The molecular weight excluding hydrogens is 273 g/mol. The number of anilines is 1. The van der Waals surface area contributed by atoms with E-state index in [1.54, 1.807) is 17.0 Å². The van der Waals surface area contributed by atoms with E-state index in [0.29, 0.717) is 30.7 Å². The summed E-state index contributed by atoms with van der Waals surface area (Å²) >= 11 is 0. The largest absolute Gasteiger partial charge is 0.378 e. The molecule has 0 spiro atoms. The van der Waals surface area contributed by atoms with Crippen molar-refractivity contribution in [2.24, 2.45) is 5.73 Å². The summed E-state index contributed by atoms with van der Waals surface area (Å²) in [6.45, 7) is 0.777. The number of benzene rings is 1. The molecule has 1 amide bonds. The molecule has 5 nitrogen and oxygen atoms in total. The van der Waals surface area contributed by atoms with Crippen LogP contribution in [0.15, 0.2) is 30.3 Å². The van der Waals surface area contributed by atoms with Gasteiger partial charge in [-0.2, -0.15) is 0 Å². The van der Waals surface area contributed by atoms with Crippen molar-refractivity contribution >= 4 is 22.6 Å². The second kappa shape index (κ2) is 4.96. The number of pyridine rings is 1. The number of carbonyl (C=O) groups is 1. The number of nitrogens with zero attached hydrogens (tertiary/aromatic N) is 2. The summed E-state index contributed by atoms with van der Waals surface area (Å²) in [5.74, 6) is -0.467. The lowest BCUT2D eigenvalue weighted by atomic mass is 9.92. The highest BCUT2D eigenvalue weighted by atomic mass is 19.1. The summed E-state index contributed by atoms with van der Waals surface area (Å²) in [7, 11) is 0. The molecule has 1 fully saturated rings. The molecule has 0 radical (unpaired) electrons. The second-order valence-corrected chi connectivity index (χ2v) is 5.43. The van der Waals surface area contributed by atoms with E-state index in [-0.39, 0.29) is 12.4 Å². The molecule has 0 aliphatic carbocycles. The van der Waals surface area contributed by atoms with Crippen LogP contribution in [0.2, 0.25) is 0 Å². The van der Waals surface area contributed by atoms with Crippen molar-refractivity contribution in [3.63, 3.8) is 0 Å². The van der Waals surface area contributed by atoms with Crippen LogP contribution in [0.4, 0.5) is 10.2 Å². The van der Waals surface area contributed by atoms with Gasteiger partial charge in [0.25, 0.3) is 5.91 Å². The minimum atomic E-state index is -1.53. The van der Waals surface area contributed by atoms with Gasteiger partial charge in [-0.25, -0.2) is 9.37 Å². The number of hydrogen-bond donors (Lipinski definition) is 2. The zero-order valence-electron chi connectivity index (χ0n) is 11.4. The predicted molar refractivity (Wildman–Crippen MR) is 77.3 cm³/mol. The van der Waals surface area contributed by atoms with Crippen molar-refractivity contribution in [3.05, 3.63) is 36.1 Å². The highest BCUT2D eigenvalue weighted by Crippen LogP contribution is 2.26. The fourth-order valence-electron chi connectivity index (χ4n) is 2.69. The van der Waals surface area contributed by atoms with Crippen LogP contribution < -0.4 is 10.6 Å². The number of aliphatic hydroxyl groups is 1. The minimum Gasteiger partial charge on any atom is -0.378 e. The number of hydrogen-bond acceptors (Lipinski definition) is 4. The lowest BCUT2D eigenvalue weighted by Gasteiger charge is -2.37. The average molecular weight is 289 g/mol. The standard InChI is InChI=1S/C15H16FN3O2/c16-11-4-2-10-3-5-13(18-12(10)8-11)19-7-1-6-15(21,9-19)14(17)20/h2-5,8,21H,1,6-7,9H2,(H2,17,20). The molecule has 21 heavy (non-hydrogen) atoms. The Morgan fingerprint density at radius 2 is 2.14 bits per heavy atom. The van der Waals surface area contributed by atoms with Crippen molar-refractivity contribution in [1.82, 2.24) is 4.98 Å². The van der Waals surface area contributed by atoms with Crippen LogP contribution in [0.3, 0.4) is 0 Å². The molecule has 1 atom stereocenters. The molecule has 1 unspecified atom stereocenters. The van der Waals surface area contributed by atoms with Crippen LogP contribution in [0.25, 0.3) is 10.9 Å². The molecule has 2 heterocycles. The molecule has 1 aromatic heterocycles. The average Bonchev–Trinajstić information content (AvgIpc) is 2.46. The van der Waals surface area contributed by atoms with E-state index in [4.69, 9.17) is 5.73 Å². The summed E-state index contributed by atoms with van der Waals surface area (Å²) in [6, 6.07) is 8.05. The second-order valence-electron chi connectivity index (χ2n) is 5.43. The van der Waals surface area contributed by atoms with Crippen LogP contribution >= 0.6 is 0 Å². The Hall–Kier alpha value is -2.21. The van der Waals surface area contributed by atoms with Gasteiger partial charge in [-0.15, -0.1) is 0 Å². The maximum atomic E-state index is 13.3. The summed E-state index contributed by atoms with van der Waals surface area (Å²) in [5.41, 5.74) is 4.28. The first-order valence-corrected chi connectivity index (χ1v) is 6.81. The monoisotopic (exact) mass is 289 g/mol. The zero-order chi connectivity index (χ0) is 15.0. The fourth-order valence-corrected chi connectivity index (χ4v) is 2.69. The Morgan fingerprint density at radius 3 is 2.90 bits per heavy atom. The fraction of sp³-hybridized carbons (Fsp3) is 0.333. The summed E-state index contributed by atoms with van der Waals surface area (Å²) in [6.07, 6.45) is 0.989. The molecule has 3 rings (SSSR count). The van der Waals surface area contributed by atoms with E-state index >= 15 is 0 Å². The van der Waals surface area contributed by atoms with Crippen LogP contribution in [-0.2, 0) is 4.79 Å². The Bertz CT molecular complexity index is 706. The van der Waals surface area contributed by atoms with Gasteiger partial charge in [-0.05, 0) is 37.1 Å². The first kappa shape index (κ1) is 13.8. The molecule has 3 N–H and O–H groups in total. The normalized spacial score (nSPS) is 22.5. The van der Waals surface area contributed by atoms with Crippen LogP contribution in [0, 0.1) is 5.82 Å². The third-order valence-corrected chi connectivity index (χ3v) is 3.89. The first-order chi connectivity index (χ1) is 9.98. The lowest BCUT2D eigenvalue weighted by molar-refractivity contribution is -0.137. The number of amides is 1. The molecule has 0 saturated carbocycles. The number of aromatic nitrogens is 1. The number of rotatable bonds is 2. The topological polar surface area (TPSA) is 79.5 Å². The molecule has 0 bridgehead atoms. The maximum Gasteiger partial charge on any atom is 0.251 e. The summed E-state index contributed by atoms with van der Waals surface area (Å²) < 4.78 is 13.3. The van der Waals surface area contributed by atoms with E-state index in [9.17, 15) is 14.3 Å². The number of primary amides is 1. The van der Waals surface area contributed by atoms with Crippen LogP contribution in [0.1, 0.15) is 12.8 Å². The molecule has 1 aliphatic rings. The quantitative estimate of drug-likeness (QED) is 0.870. The zero-order valence-corrected chi connectivity index (χ0v) is 11.4. The number of nitrogens with two attached hydrogens (primary N) is 1. The summed E-state index contributed by atoms with van der Waals surface area (Å²) in [4.78, 5) is 17.6. The van der Waals surface area contributed by atoms with Crippen molar-refractivity contribution in [2.75, 3.05) is 18.0 Å². The van der Waals surface area contributed by atoms with Gasteiger partial charge < -0.3 is 15.7 Å². The Kier molecular flexibility index (Phi) is 3.25. The van der Waals surface area contributed by atoms with E-state index in [0.717, 1.165) is 5.39 Å². The van der Waals surface area contributed by atoms with E-state index in [1.165, 1.54) is 12.1 Å².